The molecule has 0 fully saturated rings. The largest absolute Gasteiger partial charge is 0.320 e. The highest BCUT2D eigenvalue weighted by molar-refractivity contribution is 6.32. The van der Waals surface area contributed by atoms with E-state index in [4.69, 9.17) is 11.6 Å². The van der Waals surface area contributed by atoms with Crippen molar-refractivity contribution in [2.75, 3.05) is 5.32 Å². The molecular formula is C12H7ClFN3O3. The van der Waals surface area contributed by atoms with Gasteiger partial charge in [0.05, 0.1) is 4.92 Å². The van der Waals surface area contributed by atoms with Gasteiger partial charge in [0, 0.05) is 11.8 Å². The number of carbonyl (C=O) groups excluding carboxylic acids is 1. The van der Waals surface area contributed by atoms with Crippen LogP contribution in [0.5, 0.6) is 0 Å². The van der Waals surface area contributed by atoms with Crippen LogP contribution in [0.1, 0.15) is 10.5 Å². The van der Waals surface area contributed by atoms with Crippen molar-refractivity contribution in [1.82, 2.24) is 4.98 Å². The van der Waals surface area contributed by atoms with Gasteiger partial charge in [-0.25, -0.2) is 4.98 Å². The Balaban J connectivity index is 2.24. The molecule has 0 saturated heterocycles. The molecule has 1 heterocycles. The molecule has 0 spiro atoms. The zero-order chi connectivity index (χ0) is 14.7. The van der Waals surface area contributed by atoms with Crippen molar-refractivity contribution in [3.63, 3.8) is 0 Å². The Hall–Kier alpha value is -2.54. The number of benzene rings is 1. The minimum atomic E-state index is -0.792. The molecular weight excluding hydrogens is 289 g/mol. The quantitative estimate of drug-likeness (QED) is 0.536. The van der Waals surface area contributed by atoms with Crippen LogP contribution in [-0.2, 0) is 0 Å². The Morgan fingerprint density at radius 3 is 2.75 bits per heavy atom. The van der Waals surface area contributed by atoms with Gasteiger partial charge in [-0.05, 0) is 24.3 Å². The molecule has 0 saturated carbocycles. The van der Waals surface area contributed by atoms with Crippen LogP contribution in [0.3, 0.4) is 0 Å². The normalized spacial score (nSPS) is 10.1. The number of anilines is 1. The first-order valence-electron chi connectivity index (χ1n) is 5.35. The van der Waals surface area contributed by atoms with Crippen LogP contribution in [-0.4, -0.2) is 15.8 Å². The number of hydrogen-bond acceptors (Lipinski definition) is 4. The first-order valence-corrected chi connectivity index (χ1v) is 5.73. The van der Waals surface area contributed by atoms with Gasteiger partial charge in [0.2, 0.25) is 5.95 Å². The van der Waals surface area contributed by atoms with Crippen LogP contribution in [0, 0.1) is 16.1 Å². The molecule has 102 valence electrons. The second-order valence-electron chi connectivity index (χ2n) is 3.72. The second-order valence-corrected chi connectivity index (χ2v) is 4.13. The van der Waals surface area contributed by atoms with E-state index in [9.17, 15) is 19.3 Å². The SMILES string of the molecule is O=C(Nc1ccc(Cl)c([N+](=O)[O-])c1)c1cccc(F)n1. The van der Waals surface area contributed by atoms with Crippen LogP contribution < -0.4 is 5.32 Å². The van der Waals surface area contributed by atoms with E-state index in [2.05, 4.69) is 10.3 Å². The van der Waals surface area contributed by atoms with Gasteiger partial charge in [-0.1, -0.05) is 17.7 Å². The molecule has 6 nitrogen and oxygen atoms in total. The molecule has 8 heteroatoms. The predicted molar refractivity (Wildman–Crippen MR) is 70.3 cm³/mol. The predicted octanol–water partition coefficient (Wildman–Crippen LogP) is 3.03. The Morgan fingerprint density at radius 1 is 1.35 bits per heavy atom. The van der Waals surface area contributed by atoms with Gasteiger partial charge in [0.1, 0.15) is 10.7 Å². The van der Waals surface area contributed by atoms with Gasteiger partial charge >= 0.3 is 0 Å². The number of nitro groups is 1. The Kier molecular flexibility index (Phi) is 3.90. The van der Waals surface area contributed by atoms with Crippen molar-refractivity contribution in [3.05, 3.63) is 63.2 Å². The summed E-state index contributed by atoms with van der Waals surface area (Å²) in [7, 11) is 0. The zero-order valence-corrected chi connectivity index (χ0v) is 10.6. The van der Waals surface area contributed by atoms with Crippen LogP contribution in [0.25, 0.3) is 0 Å². The zero-order valence-electron chi connectivity index (χ0n) is 9.84. The van der Waals surface area contributed by atoms with E-state index >= 15 is 0 Å². The van der Waals surface area contributed by atoms with E-state index in [1.54, 1.807) is 0 Å². The average Bonchev–Trinajstić information content (AvgIpc) is 2.40. The van der Waals surface area contributed by atoms with Crippen molar-refractivity contribution >= 4 is 28.9 Å². The fourth-order valence-electron chi connectivity index (χ4n) is 1.46. The summed E-state index contributed by atoms with van der Waals surface area (Å²) in [4.78, 5) is 25.2. The number of aromatic nitrogens is 1. The maximum atomic E-state index is 12.9. The molecule has 0 aliphatic rings. The molecule has 0 aliphatic heterocycles. The van der Waals surface area contributed by atoms with E-state index in [0.29, 0.717) is 0 Å². The number of hydrogen-bond donors (Lipinski definition) is 1. The first kappa shape index (κ1) is 13.9. The number of amides is 1. The maximum absolute atomic E-state index is 12.9. The minimum absolute atomic E-state index is 0.0446. The molecule has 20 heavy (non-hydrogen) atoms. The summed E-state index contributed by atoms with van der Waals surface area (Å²) in [5.74, 6) is -1.47. The second kappa shape index (κ2) is 5.62. The molecule has 2 rings (SSSR count). The molecule has 1 N–H and O–H groups in total. The lowest BCUT2D eigenvalue weighted by Gasteiger charge is -2.05. The maximum Gasteiger partial charge on any atom is 0.289 e. The summed E-state index contributed by atoms with van der Waals surface area (Å²) in [6.07, 6.45) is 0. The number of halogens is 2. The van der Waals surface area contributed by atoms with Gasteiger partial charge in [-0.2, -0.15) is 4.39 Å². The number of nitrogens with one attached hydrogen (secondary N) is 1. The van der Waals surface area contributed by atoms with Gasteiger partial charge in [-0.3, -0.25) is 14.9 Å². The van der Waals surface area contributed by atoms with Crippen molar-refractivity contribution in [1.29, 1.82) is 0 Å². The molecule has 1 amide bonds. The lowest BCUT2D eigenvalue weighted by molar-refractivity contribution is -0.384. The fraction of sp³-hybridized carbons (Fsp3) is 0. The smallest absolute Gasteiger partial charge is 0.289 e. The summed E-state index contributed by atoms with van der Waals surface area (Å²) in [6.45, 7) is 0. The Bertz CT molecular complexity index is 693. The lowest BCUT2D eigenvalue weighted by atomic mass is 10.2. The standard InChI is InChI=1S/C12H7ClFN3O3/c13-8-5-4-7(6-10(8)17(19)20)15-12(18)9-2-1-3-11(14)16-9/h1-6H,(H,15,18). The highest BCUT2D eigenvalue weighted by Crippen LogP contribution is 2.27. The third-order valence-corrected chi connectivity index (χ3v) is 2.67. The third kappa shape index (κ3) is 3.07. The number of pyridine rings is 1. The van der Waals surface area contributed by atoms with Crippen molar-refractivity contribution < 1.29 is 14.1 Å². The van der Waals surface area contributed by atoms with Gasteiger partial charge in [0.25, 0.3) is 11.6 Å². The summed E-state index contributed by atoms with van der Waals surface area (Å²) in [6, 6.07) is 7.55. The number of nitro benzene ring substituents is 1. The molecule has 1 aromatic heterocycles. The Labute approximate surface area is 117 Å². The summed E-state index contributed by atoms with van der Waals surface area (Å²) in [5.41, 5.74) is -0.309. The van der Waals surface area contributed by atoms with Crippen LogP contribution in [0.2, 0.25) is 5.02 Å². The minimum Gasteiger partial charge on any atom is -0.320 e. The summed E-state index contributed by atoms with van der Waals surface area (Å²) in [5, 5.41) is 13.1. The Morgan fingerprint density at radius 2 is 2.10 bits per heavy atom. The van der Waals surface area contributed by atoms with E-state index in [1.165, 1.54) is 24.3 Å². The fourth-order valence-corrected chi connectivity index (χ4v) is 1.65. The number of rotatable bonds is 3. The molecule has 0 aliphatic carbocycles. The number of carbonyl (C=O) groups is 1. The average molecular weight is 296 g/mol. The van der Waals surface area contributed by atoms with E-state index < -0.39 is 16.8 Å². The summed E-state index contributed by atoms with van der Waals surface area (Å²) >= 11 is 5.65. The molecule has 1 aromatic carbocycles. The van der Waals surface area contributed by atoms with Crippen molar-refractivity contribution in [2.45, 2.75) is 0 Å². The van der Waals surface area contributed by atoms with Gasteiger partial charge in [0.15, 0.2) is 0 Å². The van der Waals surface area contributed by atoms with E-state index in [-0.39, 0.29) is 22.1 Å². The first-order chi connectivity index (χ1) is 9.47. The molecule has 2 aromatic rings. The van der Waals surface area contributed by atoms with E-state index in [0.717, 1.165) is 12.1 Å². The van der Waals surface area contributed by atoms with Gasteiger partial charge in [-0.15, -0.1) is 0 Å². The van der Waals surface area contributed by atoms with Crippen molar-refractivity contribution in [3.8, 4) is 0 Å². The lowest BCUT2D eigenvalue weighted by Crippen LogP contribution is -2.14. The topological polar surface area (TPSA) is 85.1 Å². The highest BCUT2D eigenvalue weighted by Gasteiger charge is 2.15. The monoisotopic (exact) mass is 295 g/mol. The molecule has 0 radical (unpaired) electrons. The van der Waals surface area contributed by atoms with Crippen LogP contribution in [0.4, 0.5) is 15.8 Å². The molecule has 0 unspecified atom stereocenters. The van der Waals surface area contributed by atoms with Crippen molar-refractivity contribution in [2.24, 2.45) is 0 Å². The van der Waals surface area contributed by atoms with Gasteiger partial charge < -0.3 is 5.32 Å². The summed E-state index contributed by atoms with van der Waals surface area (Å²) < 4.78 is 12.9. The van der Waals surface area contributed by atoms with Crippen LogP contribution in [0.15, 0.2) is 36.4 Å². The molecule has 0 bridgehead atoms. The third-order valence-electron chi connectivity index (χ3n) is 2.35. The van der Waals surface area contributed by atoms with E-state index in [1.807, 2.05) is 0 Å². The highest BCUT2D eigenvalue weighted by atomic mass is 35.5. The van der Waals surface area contributed by atoms with Crippen LogP contribution >= 0.6 is 11.6 Å². The molecule has 0 atom stereocenters. The number of nitrogens with zero attached hydrogens (tertiary/aromatic N) is 2.